The van der Waals surface area contributed by atoms with Gasteiger partial charge in [-0.3, -0.25) is 4.98 Å². The second kappa shape index (κ2) is 5.45. The van der Waals surface area contributed by atoms with Gasteiger partial charge in [-0.05, 0) is 35.7 Å². The molecule has 0 bridgehead atoms. The standard InChI is InChI=1S/C15H16F2N2/c1-15(10-18,9-11-4-6-19-7-5-11)13-3-2-12(16)8-14(13)17/h2-8H,9-10,18H2,1H3. The Morgan fingerprint density at radius 2 is 1.84 bits per heavy atom. The predicted molar refractivity (Wildman–Crippen MR) is 70.7 cm³/mol. The summed E-state index contributed by atoms with van der Waals surface area (Å²) in [6, 6.07) is 7.37. The minimum absolute atomic E-state index is 0.276. The lowest BCUT2D eigenvalue weighted by Gasteiger charge is -2.29. The van der Waals surface area contributed by atoms with Crippen molar-refractivity contribution in [1.82, 2.24) is 4.98 Å². The molecule has 0 spiro atoms. The quantitative estimate of drug-likeness (QED) is 0.920. The van der Waals surface area contributed by atoms with Crippen molar-refractivity contribution in [3.05, 3.63) is 65.5 Å². The van der Waals surface area contributed by atoms with Crippen LogP contribution >= 0.6 is 0 Å². The van der Waals surface area contributed by atoms with Gasteiger partial charge in [0.15, 0.2) is 0 Å². The minimum atomic E-state index is -0.579. The highest BCUT2D eigenvalue weighted by molar-refractivity contribution is 5.30. The Balaban J connectivity index is 2.36. The maximum atomic E-state index is 13.9. The van der Waals surface area contributed by atoms with Crippen LogP contribution in [-0.2, 0) is 11.8 Å². The molecular weight excluding hydrogens is 246 g/mol. The van der Waals surface area contributed by atoms with E-state index in [2.05, 4.69) is 4.98 Å². The smallest absolute Gasteiger partial charge is 0.129 e. The second-order valence-electron chi connectivity index (χ2n) is 4.92. The van der Waals surface area contributed by atoms with E-state index in [1.54, 1.807) is 12.4 Å². The van der Waals surface area contributed by atoms with Crippen molar-refractivity contribution in [2.24, 2.45) is 5.73 Å². The van der Waals surface area contributed by atoms with Gasteiger partial charge in [0.1, 0.15) is 11.6 Å². The van der Waals surface area contributed by atoms with E-state index in [0.29, 0.717) is 12.0 Å². The minimum Gasteiger partial charge on any atom is -0.330 e. The molecule has 100 valence electrons. The van der Waals surface area contributed by atoms with Crippen LogP contribution in [0.4, 0.5) is 8.78 Å². The Morgan fingerprint density at radius 1 is 1.16 bits per heavy atom. The van der Waals surface area contributed by atoms with E-state index in [9.17, 15) is 8.78 Å². The van der Waals surface area contributed by atoms with Crippen molar-refractivity contribution in [1.29, 1.82) is 0 Å². The van der Waals surface area contributed by atoms with Gasteiger partial charge in [-0.1, -0.05) is 13.0 Å². The van der Waals surface area contributed by atoms with Crippen LogP contribution in [0.15, 0.2) is 42.7 Å². The summed E-state index contributed by atoms with van der Waals surface area (Å²) in [6.07, 6.45) is 3.95. The summed E-state index contributed by atoms with van der Waals surface area (Å²) >= 11 is 0. The average molecular weight is 262 g/mol. The van der Waals surface area contributed by atoms with Crippen molar-refractivity contribution in [2.45, 2.75) is 18.8 Å². The summed E-state index contributed by atoms with van der Waals surface area (Å²) in [7, 11) is 0. The third-order valence-electron chi connectivity index (χ3n) is 3.38. The van der Waals surface area contributed by atoms with E-state index in [-0.39, 0.29) is 6.54 Å². The fraction of sp³-hybridized carbons (Fsp3) is 0.267. The molecule has 1 unspecified atom stereocenters. The molecule has 19 heavy (non-hydrogen) atoms. The highest BCUT2D eigenvalue weighted by Gasteiger charge is 2.28. The molecule has 1 aromatic carbocycles. The Kier molecular flexibility index (Phi) is 3.90. The summed E-state index contributed by atoms with van der Waals surface area (Å²) in [6.45, 7) is 2.15. The number of nitrogens with zero attached hydrogens (tertiary/aromatic N) is 1. The lowest BCUT2D eigenvalue weighted by Crippen LogP contribution is -2.35. The molecule has 0 fully saturated rings. The van der Waals surface area contributed by atoms with E-state index in [4.69, 9.17) is 5.73 Å². The van der Waals surface area contributed by atoms with Crippen molar-refractivity contribution in [3.8, 4) is 0 Å². The number of benzene rings is 1. The van der Waals surface area contributed by atoms with E-state index < -0.39 is 17.0 Å². The van der Waals surface area contributed by atoms with Crippen LogP contribution in [0.1, 0.15) is 18.1 Å². The van der Waals surface area contributed by atoms with Crippen molar-refractivity contribution < 1.29 is 8.78 Å². The van der Waals surface area contributed by atoms with Gasteiger partial charge in [0.2, 0.25) is 0 Å². The first-order valence-corrected chi connectivity index (χ1v) is 6.10. The van der Waals surface area contributed by atoms with E-state index in [0.717, 1.165) is 11.6 Å². The lowest BCUT2D eigenvalue weighted by atomic mass is 9.77. The first kappa shape index (κ1) is 13.6. The largest absolute Gasteiger partial charge is 0.330 e. The first-order chi connectivity index (χ1) is 9.05. The number of hydrogen-bond acceptors (Lipinski definition) is 2. The molecule has 0 aliphatic rings. The third-order valence-corrected chi connectivity index (χ3v) is 3.38. The molecular formula is C15H16F2N2. The van der Waals surface area contributed by atoms with E-state index in [1.807, 2.05) is 19.1 Å². The summed E-state index contributed by atoms with van der Waals surface area (Å²) < 4.78 is 26.9. The Labute approximate surface area is 111 Å². The number of rotatable bonds is 4. The number of hydrogen-bond donors (Lipinski definition) is 1. The number of pyridine rings is 1. The zero-order valence-electron chi connectivity index (χ0n) is 10.7. The molecule has 1 heterocycles. The van der Waals surface area contributed by atoms with Gasteiger partial charge in [-0.25, -0.2) is 8.78 Å². The average Bonchev–Trinajstić information content (AvgIpc) is 2.39. The zero-order valence-corrected chi connectivity index (χ0v) is 10.7. The van der Waals surface area contributed by atoms with Gasteiger partial charge < -0.3 is 5.73 Å². The van der Waals surface area contributed by atoms with Gasteiger partial charge in [-0.15, -0.1) is 0 Å². The Bertz CT molecular complexity index is 557. The van der Waals surface area contributed by atoms with Crippen LogP contribution in [0.2, 0.25) is 0 Å². The lowest BCUT2D eigenvalue weighted by molar-refractivity contribution is 0.446. The van der Waals surface area contributed by atoms with Crippen LogP contribution in [0.5, 0.6) is 0 Å². The van der Waals surface area contributed by atoms with Gasteiger partial charge >= 0.3 is 0 Å². The van der Waals surface area contributed by atoms with Crippen LogP contribution < -0.4 is 5.73 Å². The summed E-state index contributed by atoms with van der Waals surface area (Å²) in [5, 5.41) is 0. The molecule has 0 amide bonds. The van der Waals surface area contributed by atoms with Gasteiger partial charge in [0.05, 0.1) is 0 Å². The van der Waals surface area contributed by atoms with Crippen molar-refractivity contribution >= 4 is 0 Å². The van der Waals surface area contributed by atoms with Gasteiger partial charge in [0, 0.05) is 30.4 Å². The summed E-state index contributed by atoms with van der Waals surface area (Å²) in [5.41, 5.74) is 6.71. The molecule has 1 atom stereocenters. The summed E-state index contributed by atoms with van der Waals surface area (Å²) in [4.78, 5) is 3.95. The molecule has 0 radical (unpaired) electrons. The molecule has 0 aliphatic heterocycles. The van der Waals surface area contributed by atoms with Gasteiger partial charge in [-0.2, -0.15) is 0 Å². The molecule has 0 saturated carbocycles. The van der Waals surface area contributed by atoms with Crippen LogP contribution in [0.25, 0.3) is 0 Å². The summed E-state index contributed by atoms with van der Waals surface area (Å²) in [5.74, 6) is -1.13. The topological polar surface area (TPSA) is 38.9 Å². The number of nitrogens with two attached hydrogens (primary N) is 1. The molecule has 4 heteroatoms. The Hall–Kier alpha value is -1.81. The Morgan fingerprint density at radius 3 is 2.42 bits per heavy atom. The monoisotopic (exact) mass is 262 g/mol. The fourth-order valence-electron chi connectivity index (χ4n) is 2.21. The van der Waals surface area contributed by atoms with E-state index >= 15 is 0 Å². The third kappa shape index (κ3) is 2.96. The van der Waals surface area contributed by atoms with Crippen LogP contribution in [-0.4, -0.2) is 11.5 Å². The van der Waals surface area contributed by atoms with Crippen LogP contribution in [0, 0.1) is 11.6 Å². The maximum Gasteiger partial charge on any atom is 0.129 e. The number of halogens is 2. The highest BCUT2D eigenvalue weighted by Crippen LogP contribution is 2.29. The van der Waals surface area contributed by atoms with Gasteiger partial charge in [0.25, 0.3) is 0 Å². The normalized spacial score (nSPS) is 14.1. The first-order valence-electron chi connectivity index (χ1n) is 6.10. The fourth-order valence-corrected chi connectivity index (χ4v) is 2.21. The zero-order chi connectivity index (χ0) is 13.9. The van der Waals surface area contributed by atoms with Crippen LogP contribution in [0.3, 0.4) is 0 Å². The molecule has 2 rings (SSSR count). The molecule has 0 aliphatic carbocycles. The number of aromatic nitrogens is 1. The maximum absolute atomic E-state index is 13.9. The predicted octanol–water partition coefficient (Wildman–Crippen LogP) is 2.82. The second-order valence-corrected chi connectivity index (χ2v) is 4.92. The van der Waals surface area contributed by atoms with Crippen molar-refractivity contribution in [3.63, 3.8) is 0 Å². The SMILES string of the molecule is CC(CN)(Cc1ccncc1)c1ccc(F)cc1F. The highest BCUT2D eigenvalue weighted by atomic mass is 19.1. The molecule has 2 N–H and O–H groups in total. The molecule has 1 aromatic heterocycles. The van der Waals surface area contributed by atoms with Crippen molar-refractivity contribution in [2.75, 3.05) is 6.54 Å². The molecule has 2 nitrogen and oxygen atoms in total. The van der Waals surface area contributed by atoms with E-state index in [1.165, 1.54) is 12.1 Å². The molecule has 2 aromatic rings. The molecule has 0 saturated heterocycles.